The van der Waals surface area contributed by atoms with Crippen LogP contribution in [0.3, 0.4) is 0 Å². The minimum atomic E-state index is 0.597. The molecule has 0 aliphatic rings. The van der Waals surface area contributed by atoms with E-state index < -0.39 is 0 Å². The van der Waals surface area contributed by atoms with Crippen LogP contribution in [0.25, 0.3) is 22.4 Å². The average molecular weight is 248 g/mol. The van der Waals surface area contributed by atoms with Crippen LogP contribution in [0.2, 0.25) is 0 Å². The van der Waals surface area contributed by atoms with Gasteiger partial charge < -0.3 is 4.57 Å². The SMILES string of the molecule is Cc1ccc(-c2nc3c(C#N)cccc3n2C)cn1. The zero-order chi connectivity index (χ0) is 13.4. The fraction of sp³-hybridized carbons (Fsp3) is 0.133. The van der Waals surface area contributed by atoms with Gasteiger partial charge in [0, 0.05) is 24.5 Å². The van der Waals surface area contributed by atoms with E-state index in [2.05, 4.69) is 16.0 Å². The molecule has 4 nitrogen and oxygen atoms in total. The fourth-order valence-corrected chi connectivity index (χ4v) is 2.16. The van der Waals surface area contributed by atoms with Gasteiger partial charge in [0.1, 0.15) is 17.4 Å². The molecule has 2 heterocycles. The third-order valence-electron chi connectivity index (χ3n) is 3.20. The molecule has 0 saturated carbocycles. The van der Waals surface area contributed by atoms with Gasteiger partial charge in [0.2, 0.25) is 0 Å². The monoisotopic (exact) mass is 248 g/mol. The second kappa shape index (κ2) is 4.21. The second-order valence-corrected chi connectivity index (χ2v) is 4.47. The Balaban J connectivity index is 2.29. The van der Waals surface area contributed by atoms with Crippen molar-refractivity contribution in [1.82, 2.24) is 14.5 Å². The molecule has 0 aliphatic heterocycles. The highest BCUT2D eigenvalue weighted by molar-refractivity contribution is 5.85. The van der Waals surface area contributed by atoms with Crippen LogP contribution in [0.15, 0.2) is 36.5 Å². The summed E-state index contributed by atoms with van der Waals surface area (Å²) < 4.78 is 1.99. The maximum absolute atomic E-state index is 9.13. The third kappa shape index (κ3) is 1.76. The Morgan fingerprint density at radius 1 is 1.21 bits per heavy atom. The third-order valence-corrected chi connectivity index (χ3v) is 3.20. The molecule has 3 aromatic rings. The smallest absolute Gasteiger partial charge is 0.142 e. The molecule has 19 heavy (non-hydrogen) atoms. The van der Waals surface area contributed by atoms with E-state index in [0.29, 0.717) is 5.56 Å². The first-order valence-corrected chi connectivity index (χ1v) is 5.99. The Morgan fingerprint density at radius 3 is 2.74 bits per heavy atom. The number of pyridine rings is 1. The lowest BCUT2D eigenvalue weighted by atomic mass is 10.2. The number of imidazole rings is 1. The number of fused-ring (bicyclic) bond motifs is 1. The lowest BCUT2D eigenvalue weighted by molar-refractivity contribution is 0.956. The van der Waals surface area contributed by atoms with Crippen molar-refractivity contribution in [2.24, 2.45) is 7.05 Å². The van der Waals surface area contributed by atoms with Crippen LogP contribution < -0.4 is 0 Å². The normalized spacial score (nSPS) is 10.6. The van der Waals surface area contributed by atoms with Gasteiger partial charge in [-0.2, -0.15) is 5.26 Å². The maximum atomic E-state index is 9.13. The van der Waals surface area contributed by atoms with E-state index in [-0.39, 0.29) is 0 Å². The van der Waals surface area contributed by atoms with Gasteiger partial charge in [-0.05, 0) is 31.2 Å². The zero-order valence-electron chi connectivity index (χ0n) is 10.8. The van der Waals surface area contributed by atoms with Gasteiger partial charge in [-0.3, -0.25) is 4.98 Å². The number of aromatic nitrogens is 3. The number of rotatable bonds is 1. The number of para-hydroxylation sites is 1. The molecular formula is C15H12N4. The van der Waals surface area contributed by atoms with Gasteiger partial charge in [-0.1, -0.05) is 6.07 Å². The number of hydrogen-bond donors (Lipinski definition) is 0. The molecule has 0 N–H and O–H groups in total. The molecule has 0 unspecified atom stereocenters. The molecule has 4 heteroatoms. The van der Waals surface area contributed by atoms with Gasteiger partial charge in [0.25, 0.3) is 0 Å². The summed E-state index contributed by atoms with van der Waals surface area (Å²) in [4.78, 5) is 8.87. The minimum absolute atomic E-state index is 0.597. The molecule has 3 rings (SSSR count). The number of nitrogens with zero attached hydrogens (tertiary/aromatic N) is 4. The van der Waals surface area contributed by atoms with Crippen LogP contribution in [0.1, 0.15) is 11.3 Å². The summed E-state index contributed by atoms with van der Waals surface area (Å²) in [6.07, 6.45) is 1.81. The standard InChI is InChI=1S/C15H12N4/c1-10-6-7-12(9-17-10)15-18-14-11(8-16)4-3-5-13(14)19(15)2/h3-7,9H,1-2H3. The van der Waals surface area contributed by atoms with E-state index in [4.69, 9.17) is 5.26 Å². The Morgan fingerprint density at radius 2 is 2.05 bits per heavy atom. The first-order valence-electron chi connectivity index (χ1n) is 5.99. The Kier molecular flexibility index (Phi) is 2.53. The number of aryl methyl sites for hydroxylation is 2. The molecule has 0 amide bonds. The van der Waals surface area contributed by atoms with Crippen molar-refractivity contribution in [3.05, 3.63) is 47.8 Å². The van der Waals surface area contributed by atoms with E-state index in [1.54, 1.807) is 6.07 Å². The van der Waals surface area contributed by atoms with E-state index in [1.807, 2.05) is 49.0 Å². The van der Waals surface area contributed by atoms with Crippen LogP contribution >= 0.6 is 0 Å². The zero-order valence-corrected chi connectivity index (χ0v) is 10.8. The molecule has 0 spiro atoms. The second-order valence-electron chi connectivity index (χ2n) is 4.47. The van der Waals surface area contributed by atoms with Gasteiger partial charge in [-0.15, -0.1) is 0 Å². The van der Waals surface area contributed by atoms with Crippen molar-refractivity contribution >= 4 is 11.0 Å². The molecule has 0 atom stereocenters. The van der Waals surface area contributed by atoms with Crippen molar-refractivity contribution in [3.8, 4) is 17.5 Å². The largest absolute Gasteiger partial charge is 0.327 e. The molecule has 0 saturated heterocycles. The minimum Gasteiger partial charge on any atom is -0.327 e. The molecular weight excluding hydrogens is 236 g/mol. The van der Waals surface area contributed by atoms with Crippen LogP contribution in [0, 0.1) is 18.3 Å². The predicted octanol–water partition coefficient (Wildman–Crippen LogP) is 2.82. The average Bonchev–Trinajstić information content (AvgIpc) is 2.77. The number of hydrogen-bond acceptors (Lipinski definition) is 3. The van der Waals surface area contributed by atoms with E-state index in [1.165, 1.54) is 0 Å². The number of benzene rings is 1. The topological polar surface area (TPSA) is 54.5 Å². The van der Waals surface area contributed by atoms with Gasteiger partial charge in [0.15, 0.2) is 0 Å². The summed E-state index contributed by atoms with van der Waals surface area (Å²) in [6.45, 7) is 1.95. The van der Waals surface area contributed by atoms with Crippen LogP contribution in [-0.2, 0) is 7.05 Å². The summed E-state index contributed by atoms with van der Waals surface area (Å²) in [5.41, 5.74) is 4.21. The molecule has 0 fully saturated rings. The highest BCUT2D eigenvalue weighted by Gasteiger charge is 2.12. The first-order chi connectivity index (χ1) is 9.20. The Hall–Kier alpha value is -2.67. The maximum Gasteiger partial charge on any atom is 0.142 e. The van der Waals surface area contributed by atoms with Gasteiger partial charge >= 0.3 is 0 Å². The molecule has 0 bridgehead atoms. The summed E-state index contributed by atoms with van der Waals surface area (Å²) >= 11 is 0. The summed E-state index contributed by atoms with van der Waals surface area (Å²) in [6, 6.07) is 11.8. The summed E-state index contributed by atoms with van der Waals surface area (Å²) in [5, 5.41) is 9.13. The fourth-order valence-electron chi connectivity index (χ4n) is 2.16. The molecule has 0 radical (unpaired) electrons. The van der Waals surface area contributed by atoms with Crippen molar-refractivity contribution in [2.75, 3.05) is 0 Å². The molecule has 0 aliphatic carbocycles. The number of nitriles is 1. The van der Waals surface area contributed by atoms with Gasteiger partial charge in [0.05, 0.1) is 11.1 Å². The van der Waals surface area contributed by atoms with Crippen molar-refractivity contribution < 1.29 is 0 Å². The predicted molar refractivity (Wildman–Crippen MR) is 73.4 cm³/mol. The Bertz CT molecular complexity index is 791. The quantitative estimate of drug-likeness (QED) is 0.665. The van der Waals surface area contributed by atoms with Crippen LogP contribution in [-0.4, -0.2) is 14.5 Å². The molecule has 92 valence electrons. The summed E-state index contributed by atoms with van der Waals surface area (Å²) in [5.74, 6) is 0.824. The molecule has 1 aromatic carbocycles. The highest BCUT2D eigenvalue weighted by Crippen LogP contribution is 2.25. The van der Waals surface area contributed by atoms with Crippen molar-refractivity contribution in [2.45, 2.75) is 6.92 Å². The van der Waals surface area contributed by atoms with Crippen LogP contribution in [0.4, 0.5) is 0 Å². The first kappa shape index (κ1) is 11.4. The lowest BCUT2D eigenvalue weighted by Crippen LogP contribution is -1.93. The molecule has 2 aromatic heterocycles. The van der Waals surface area contributed by atoms with Crippen LogP contribution in [0.5, 0.6) is 0 Å². The highest BCUT2D eigenvalue weighted by atomic mass is 15.1. The summed E-state index contributed by atoms with van der Waals surface area (Å²) in [7, 11) is 1.95. The Labute approximate surface area is 111 Å². The van der Waals surface area contributed by atoms with Crippen molar-refractivity contribution in [1.29, 1.82) is 5.26 Å². The van der Waals surface area contributed by atoms with Gasteiger partial charge in [-0.25, -0.2) is 4.98 Å². The van der Waals surface area contributed by atoms with E-state index in [0.717, 1.165) is 28.1 Å². The van der Waals surface area contributed by atoms with Crippen molar-refractivity contribution in [3.63, 3.8) is 0 Å². The van der Waals surface area contributed by atoms with E-state index in [9.17, 15) is 0 Å². The lowest BCUT2D eigenvalue weighted by Gasteiger charge is -2.02. The van der Waals surface area contributed by atoms with E-state index >= 15 is 0 Å².